The molecule has 1 rings (SSSR count). The van der Waals surface area contributed by atoms with Gasteiger partial charge in [0.2, 0.25) is 0 Å². The standard InChI is InChI=1S/C11H13O2.HI.Zn/c1-3-9-6-4-5-7-10(9)8-11(12)13-2;;/h4-7H,1,3,8H2,2H3;1H;/q;;+1/p-1. The molecule has 0 saturated carbocycles. The number of benzene rings is 1. The molecular weight excluding hydrogens is 356 g/mol. The molecule has 0 aliphatic rings. The third-order valence-corrected chi connectivity index (χ3v) is 2.87. The van der Waals surface area contributed by atoms with E-state index >= 15 is 0 Å². The second-order valence-corrected chi connectivity index (χ2v) is 4.61. The monoisotopic (exact) mass is 368 g/mol. The van der Waals surface area contributed by atoms with Crippen LogP contribution >= 0.6 is 0 Å². The predicted molar refractivity (Wildman–Crippen MR) is 50.7 cm³/mol. The number of hydrogen-bond acceptors (Lipinski definition) is 2. The van der Waals surface area contributed by atoms with Crippen molar-refractivity contribution in [3.8, 4) is 0 Å². The molecule has 0 N–H and O–H groups in total. The topological polar surface area (TPSA) is 26.3 Å². The SMILES string of the molecule is COC(=O)Cc1ccccc1C[CH2][Zn+].[I-]. The summed E-state index contributed by atoms with van der Waals surface area (Å²) in [7, 11) is 1.43. The predicted octanol–water partition coefficient (Wildman–Crippen LogP) is -1.09. The van der Waals surface area contributed by atoms with Crippen molar-refractivity contribution in [3.63, 3.8) is 0 Å². The van der Waals surface area contributed by atoms with Gasteiger partial charge < -0.3 is 24.0 Å². The van der Waals surface area contributed by atoms with E-state index in [1.54, 1.807) is 0 Å². The molecular formula is C11H13IO2Zn. The second-order valence-electron chi connectivity index (χ2n) is 3.13. The van der Waals surface area contributed by atoms with Crippen molar-refractivity contribution < 1.29 is 51.8 Å². The number of aryl methyl sites for hydroxylation is 1. The fraction of sp³-hybridized carbons (Fsp3) is 0.364. The molecule has 0 saturated heterocycles. The molecule has 0 heterocycles. The summed E-state index contributed by atoms with van der Waals surface area (Å²) in [6.07, 6.45) is 1.47. The summed E-state index contributed by atoms with van der Waals surface area (Å²) in [6.45, 7) is 0. The zero-order valence-electron chi connectivity index (χ0n) is 8.83. The maximum absolute atomic E-state index is 11.1. The van der Waals surface area contributed by atoms with E-state index in [4.69, 9.17) is 0 Å². The average Bonchev–Trinajstić information content (AvgIpc) is 2.21. The van der Waals surface area contributed by atoms with Crippen LogP contribution in [0.4, 0.5) is 0 Å². The number of halogens is 1. The number of methoxy groups -OCH3 is 1. The van der Waals surface area contributed by atoms with Crippen molar-refractivity contribution in [2.75, 3.05) is 7.11 Å². The van der Waals surface area contributed by atoms with E-state index in [1.165, 1.54) is 36.0 Å². The van der Waals surface area contributed by atoms with Crippen molar-refractivity contribution in [1.82, 2.24) is 0 Å². The molecule has 0 amide bonds. The molecule has 0 aliphatic carbocycles. The normalized spacial score (nSPS) is 9.27. The Morgan fingerprint density at radius 2 is 1.93 bits per heavy atom. The number of esters is 1. The molecule has 1 aromatic rings. The molecule has 0 bridgehead atoms. The Labute approximate surface area is 117 Å². The molecule has 2 nitrogen and oxygen atoms in total. The van der Waals surface area contributed by atoms with Gasteiger partial charge in [0.25, 0.3) is 0 Å². The molecule has 0 aromatic heterocycles. The van der Waals surface area contributed by atoms with Crippen LogP contribution in [-0.4, -0.2) is 13.1 Å². The first-order valence-corrected chi connectivity index (χ1v) is 6.80. The Bertz CT molecular complexity index is 315. The largest absolute Gasteiger partial charge is 1.00 e. The molecule has 78 valence electrons. The minimum Gasteiger partial charge on any atom is -1.00 e. The number of carbonyl (C=O) groups is 1. The van der Waals surface area contributed by atoms with E-state index in [2.05, 4.69) is 10.8 Å². The smallest absolute Gasteiger partial charge is 1.00 e. The van der Waals surface area contributed by atoms with Gasteiger partial charge in [0, 0.05) is 0 Å². The van der Waals surface area contributed by atoms with Crippen molar-refractivity contribution in [2.24, 2.45) is 0 Å². The van der Waals surface area contributed by atoms with E-state index in [1.807, 2.05) is 18.2 Å². The van der Waals surface area contributed by atoms with Gasteiger partial charge in [-0.1, -0.05) is 0 Å². The van der Waals surface area contributed by atoms with E-state index < -0.39 is 0 Å². The number of carbonyl (C=O) groups excluding carboxylic acids is 1. The molecule has 1 aromatic carbocycles. The van der Waals surface area contributed by atoms with Gasteiger partial charge in [0.15, 0.2) is 0 Å². The Balaban J connectivity index is 0.00000196. The Kier molecular flexibility index (Phi) is 8.25. The summed E-state index contributed by atoms with van der Waals surface area (Å²) in [4.78, 5) is 11.1. The molecule has 0 spiro atoms. The first-order valence-electron chi connectivity index (χ1n) is 4.70. The van der Waals surface area contributed by atoms with Gasteiger partial charge in [-0.05, 0) is 0 Å². The quantitative estimate of drug-likeness (QED) is 0.383. The zero-order valence-corrected chi connectivity index (χ0v) is 14.0. The van der Waals surface area contributed by atoms with Gasteiger partial charge in [-0.2, -0.15) is 0 Å². The van der Waals surface area contributed by atoms with Crippen molar-refractivity contribution in [3.05, 3.63) is 35.4 Å². The Hall–Kier alpha value is 0.0434. The van der Waals surface area contributed by atoms with E-state index in [0.717, 1.165) is 12.0 Å². The molecule has 0 unspecified atom stereocenters. The molecule has 15 heavy (non-hydrogen) atoms. The van der Waals surface area contributed by atoms with Crippen molar-refractivity contribution >= 4 is 5.97 Å². The van der Waals surface area contributed by atoms with Gasteiger partial charge in [0.1, 0.15) is 0 Å². The van der Waals surface area contributed by atoms with Gasteiger partial charge in [0.05, 0.1) is 0 Å². The van der Waals surface area contributed by atoms with Crippen LogP contribution in [-0.2, 0) is 40.7 Å². The summed E-state index contributed by atoms with van der Waals surface area (Å²) < 4.78 is 4.66. The summed E-state index contributed by atoms with van der Waals surface area (Å²) in [6, 6.07) is 8.08. The summed E-state index contributed by atoms with van der Waals surface area (Å²) >= 11 is 1.30. The Morgan fingerprint density at radius 1 is 1.33 bits per heavy atom. The van der Waals surface area contributed by atoms with Crippen LogP contribution in [0.3, 0.4) is 0 Å². The molecule has 4 heteroatoms. The first-order chi connectivity index (χ1) is 6.77. The fourth-order valence-electron chi connectivity index (χ4n) is 1.39. The maximum Gasteiger partial charge on any atom is -1.00 e. The maximum atomic E-state index is 11.1. The van der Waals surface area contributed by atoms with Crippen LogP contribution in [0.2, 0.25) is 5.02 Å². The zero-order chi connectivity index (χ0) is 10.4. The first kappa shape index (κ1) is 15.0. The van der Waals surface area contributed by atoms with E-state index in [-0.39, 0.29) is 29.9 Å². The van der Waals surface area contributed by atoms with Gasteiger partial charge in [-0.25, -0.2) is 0 Å². The van der Waals surface area contributed by atoms with Crippen LogP contribution in [0.15, 0.2) is 24.3 Å². The third-order valence-electron chi connectivity index (χ3n) is 2.13. The fourth-order valence-corrected chi connectivity index (χ4v) is 2.19. The summed E-state index contributed by atoms with van der Waals surface area (Å²) in [5, 5.41) is 1.22. The van der Waals surface area contributed by atoms with Gasteiger partial charge in [-0.3, -0.25) is 0 Å². The minimum absolute atomic E-state index is 0. The third kappa shape index (κ3) is 5.07. The molecule has 0 fully saturated rings. The van der Waals surface area contributed by atoms with Crippen LogP contribution < -0.4 is 24.0 Å². The number of ether oxygens (including phenoxy) is 1. The van der Waals surface area contributed by atoms with Crippen LogP contribution in [0.5, 0.6) is 0 Å². The van der Waals surface area contributed by atoms with Crippen LogP contribution in [0, 0.1) is 0 Å². The van der Waals surface area contributed by atoms with Crippen molar-refractivity contribution in [2.45, 2.75) is 17.9 Å². The van der Waals surface area contributed by atoms with E-state index in [9.17, 15) is 4.79 Å². The Morgan fingerprint density at radius 3 is 2.47 bits per heavy atom. The summed E-state index contributed by atoms with van der Waals surface area (Å²) in [5.41, 5.74) is 2.39. The molecule has 0 atom stereocenters. The van der Waals surface area contributed by atoms with Gasteiger partial charge in [-0.15, -0.1) is 0 Å². The molecule has 0 aliphatic heterocycles. The van der Waals surface area contributed by atoms with Crippen LogP contribution in [0.25, 0.3) is 0 Å². The number of hydrogen-bond donors (Lipinski definition) is 0. The number of rotatable bonds is 4. The average molecular weight is 370 g/mol. The van der Waals surface area contributed by atoms with Crippen LogP contribution in [0.1, 0.15) is 11.1 Å². The second kappa shape index (κ2) is 8.23. The van der Waals surface area contributed by atoms with Crippen molar-refractivity contribution in [1.29, 1.82) is 0 Å². The minimum atomic E-state index is -0.162. The van der Waals surface area contributed by atoms with E-state index in [0.29, 0.717) is 6.42 Å². The molecule has 0 radical (unpaired) electrons. The summed E-state index contributed by atoms with van der Waals surface area (Å²) in [5.74, 6) is -0.162. The van der Waals surface area contributed by atoms with Gasteiger partial charge >= 0.3 is 94.2 Å².